The summed E-state index contributed by atoms with van der Waals surface area (Å²) < 4.78 is 38.1. The van der Waals surface area contributed by atoms with Crippen LogP contribution in [0.3, 0.4) is 0 Å². The minimum absolute atomic E-state index is 0.113. The number of piperazine rings is 1. The topological polar surface area (TPSA) is 84.9 Å². The van der Waals surface area contributed by atoms with E-state index in [1.54, 1.807) is 6.07 Å². The van der Waals surface area contributed by atoms with Crippen molar-refractivity contribution in [1.29, 1.82) is 0 Å². The minimum Gasteiger partial charge on any atom is -0.486 e. The van der Waals surface area contributed by atoms with Crippen LogP contribution in [0.4, 0.5) is 0 Å². The van der Waals surface area contributed by atoms with Gasteiger partial charge in [-0.3, -0.25) is 4.79 Å². The van der Waals surface area contributed by atoms with Crippen LogP contribution in [0.2, 0.25) is 0 Å². The monoisotopic (exact) mass is 340 g/mol. The van der Waals surface area contributed by atoms with Crippen molar-refractivity contribution in [3.05, 3.63) is 18.2 Å². The molecule has 1 amide bonds. The van der Waals surface area contributed by atoms with Gasteiger partial charge in [0.15, 0.2) is 11.5 Å². The van der Waals surface area contributed by atoms with Crippen molar-refractivity contribution in [2.45, 2.75) is 24.8 Å². The van der Waals surface area contributed by atoms with Gasteiger partial charge in [0.05, 0.1) is 4.90 Å². The molecule has 1 saturated heterocycles. The number of ether oxygens (including phenoxy) is 2. The van der Waals surface area contributed by atoms with Crippen LogP contribution in [-0.4, -0.2) is 51.0 Å². The maximum atomic E-state index is 13.0. The number of rotatable bonds is 3. The van der Waals surface area contributed by atoms with Crippen molar-refractivity contribution in [2.75, 3.05) is 26.3 Å². The number of sulfonamides is 1. The van der Waals surface area contributed by atoms with Crippen molar-refractivity contribution in [1.82, 2.24) is 9.62 Å². The fourth-order valence-electron chi connectivity index (χ4n) is 2.89. The van der Waals surface area contributed by atoms with E-state index in [9.17, 15) is 13.2 Å². The van der Waals surface area contributed by atoms with Crippen molar-refractivity contribution in [2.24, 2.45) is 5.92 Å². The molecule has 1 aromatic carbocycles. The van der Waals surface area contributed by atoms with Crippen LogP contribution in [0.25, 0.3) is 0 Å². The molecule has 23 heavy (non-hydrogen) atoms. The quantitative estimate of drug-likeness (QED) is 0.871. The average Bonchev–Trinajstić information content (AvgIpc) is 2.53. The Morgan fingerprint density at radius 3 is 2.61 bits per heavy atom. The molecule has 0 aromatic heterocycles. The molecule has 0 aliphatic carbocycles. The van der Waals surface area contributed by atoms with Crippen LogP contribution in [0.5, 0.6) is 11.5 Å². The van der Waals surface area contributed by atoms with Crippen molar-refractivity contribution in [3.63, 3.8) is 0 Å². The summed E-state index contributed by atoms with van der Waals surface area (Å²) in [6.07, 6.45) is 0. The molecular weight excluding hydrogens is 320 g/mol. The maximum Gasteiger partial charge on any atom is 0.244 e. The SMILES string of the molecule is CC(C)C1C(=O)NCCN1S(=O)(=O)c1ccc2c(c1)OCCO2. The lowest BCUT2D eigenvalue weighted by molar-refractivity contribution is -0.128. The second-order valence-corrected chi connectivity index (χ2v) is 7.79. The van der Waals surface area contributed by atoms with Gasteiger partial charge in [-0.25, -0.2) is 8.42 Å². The number of carbonyl (C=O) groups is 1. The zero-order valence-electron chi connectivity index (χ0n) is 13.1. The van der Waals surface area contributed by atoms with E-state index < -0.39 is 16.1 Å². The average molecular weight is 340 g/mol. The first kappa shape index (κ1) is 16.1. The van der Waals surface area contributed by atoms with Crippen LogP contribution in [0.15, 0.2) is 23.1 Å². The first-order chi connectivity index (χ1) is 10.9. The Bertz CT molecular complexity index is 717. The van der Waals surface area contributed by atoms with E-state index >= 15 is 0 Å². The van der Waals surface area contributed by atoms with Crippen molar-refractivity contribution in [3.8, 4) is 11.5 Å². The first-order valence-electron chi connectivity index (χ1n) is 7.60. The van der Waals surface area contributed by atoms with Crippen LogP contribution < -0.4 is 14.8 Å². The van der Waals surface area contributed by atoms with Gasteiger partial charge in [0.25, 0.3) is 0 Å². The number of nitrogens with zero attached hydrogens (tertiary/aromatic N) is 1. The third kappa shape index (κ3) is 2.88. The molecule has 0 spiro atoms. The molecule has 0 bridgehead atoms. The highest BCUT2D eigenvalue weighted by molar-refractivity contribution is 7.89. The molecule has 2 aliphatic heterocycles. The normalized spacial score (nSPS) is 22.0. The number of hydrogen-bond acceptors (Lipinski definition) is 5. The van der Waals surface area contributed by atoms with Crippen molar-refractivity contribution < 1.29 is 22.7 Å². The second-order valence-electron chi connectivity index (χ2n) is 5.90. The molecule has 2 aliphatic rings. The predicted octanol–water partition coefficient (Wildman–Crippen LogP) is 0.603. The van der Waals surface area contributed by atoms with Gasteiger partial charge in [-0.15, -0.1) is 0 Å². The lowest BCUT2D eigenvalue weighted by atomic mass is 10.0. The Kier molecular flexibility index (Phi) is 4.20. The van der Waals surface area contributed by atoms with E-state index in [2.05, 4.69) is 5.32 Å². The zero-order chi connectivity index (χ0) is 16.6. The summed E-state index contributed by atoms with van der Waals surface area (Å²) in [5.41, 5.74) is 0. The molecule has 8 heteroatoms. The number of fused-ring (bicyclic) bond motifs is 1. The molecular formula is C15H20N2O5S. The summed E-state index contributed by atoms with van der Waals surface area (Å²) in [6.45, 7) is 5.07. The van der Waals surface area contributed by atoms with Crippen LogP contribution in [0.1, 0.15) is 13.8 Å². The molecule has 1 unspecified atom stereocenters. The van der Waals surface area contributed by atoms with Crippen LogP contribution >= 0.6 is 0 Å². The molecule has 126 valence electrons. The molecule has 2 heterocycles. The number of hydrogen-bond donors (Lipinski definition) is 1. The molecule has 1 N–H and O–H groups in total. The fourth-order valence-corrected chi connectivity index (χ4v) is 4.62. The third-order valence-electron chi connectivity index (χ3n) is 3.96. The van der Waals surface area contributed by atoms with Gasteiger partial charge in [0.2, 0.25) is 15.9 Å². The van der Waals surface area contributed by atoms with Crippen LogP contribution in [0, 0.1) is 5.92 Å². The summed E-state index contributed by atoms with van der Waals surface area (Å²) in [7, 11) is -3.79. The summed E-state index contributed by atoms with van der Waals surface area (Å²) in [6, 6.07) is 3.85. The van der Waals surface area contributed by atoms with Crippen LogP contribution in [-0.2, 0) is 14.8 Å². The maximum absolute atomic E-state index is 13.0. The van der Waals surface area contributed by atoms with Crippen molar-refractivity contribution >= 4 is 15.9 Å². The smallest absolute Gasteiger partial charge is 0.244 e. The molecule has 1 fully saturated rings. The highest BCUT2D eigenvalue weighted by atomic mass is 32.2. The zero-order valence-corrected chi connectivity index (χ0v) is 13.9. The highest BCUT2D eigenvalue weighted by Gasteiger charge is 2.40. The summed E-state index contributed by atoms with van der Waals surface area (Å²) in [5, 5.41) is 2.73. The van der Waals surface area contributed by atoms with E-state index in [0.29, 0.717) is 31.3 Å². The van der Waals surface area contributed by atoms with Gasteiger partial charge >= 0.3 is 0 Å². The van der Waals surface area contributed by atoms with Gasteiger partial charge in [0.1, 0.15) is 19.3 Å². The summed E-state index contributed by atoms with van der Waals surface area (Å²) in [5.74, 6) is 0.571. The molecule has 3 rings (SSSR count). The second kappa shape index (κ2) is 6.01. The molecule has 0 saturated carbocycles. The summed E-state index contributed by atoms with van der Waals surface area (Å²) >= 11 is 0. The van der Waals surface area contributed by atoms with E-state index in [-0.39, 0.29) is 23.3 Å². The van der Waals surface area contributed by atoms with E-state index in [4.69, 9.17) is 9.47 Å². The largest absolute Gasteiger partial charge is 0.486 e. The summed E-state index contributed by atoms with van der Waals surface area (Å²) in [4.78, 5) is 12.2. The predicted molar refractivity (Wildman–Crippen MR) is 83.0 cm³/mol. The molecule has 0 radical (unpaired) electrons. The Morgan fingerprint density at radius 1 is 1.22 bits per heavy atom. The Balaban J connectivity index is 1.98. The van der Waals surface area contributed by atoms with Gasteiger partial charge in [-0.05, 0) is 18.1 Å². The first-order valence-corrected chi connectivity index (χ1v) is 9.04. The standard InChI is InChI=1S/C15H20N2O5S/c1-10(2)14-15(18)16-5-6-17(14)23(19,20)11-3-4-12-13(9-11)22-8-7-21-12/h3-4,9-10,14H,5-8H2,1-2H3,(H,16,18). The number of carbonyl (C=O) groups excluding carboxylic acids is 1. The number of benzene rings is 1. The highest BCUT2D eigenvalue weighted by Crippen LogP contribution is 2.34. The minimum atomic E-state index is -3.79. The molecule has 1 atom stereocenters. The molecule has 7 nitrogen and oxygen atoms in total. The van der Waals surface area contributed by atoms with E-state index in [1.807, 2.05) is 13.8 Å². The lowest BCUT2D eigenvalue weighted by Crippen LogP contribution is -2.58. The Hall–Kier alpha value is -1.80. The Labute approximate surface area is 135 Å². The van der Waals surface area contributed by atoms with E-state index in [0.717, 1.165) is 0 Å². The number of amides is 1. The lowest BCUT2D eigenvalue weighted by Gasteiger charge is -2.36. The van der Waals surface area contributed by atoms with Gasteiger partial charge in [0, 0.05) is 19.2 Å². The number of nitrogens with one attached hydrogen (secondary N) is 1. The van der Waals surface area contributed by atoms with E-state index in [1.165, 1.54) is 16.4 Å². The Morgan fingerprint density at radius 2 is 1.91 bits per heavy atom. The van der Waals surface area contributed by atoms with Gasteiger partial charge in [-0.1, -0.05) is 13.8 Å². The molecule has 1 aromatic rings. The fraction of sp³-hybridized carbons (Fsp3) is 0.533. The van der Waals surface area contributed by atoms with Gasteiger partial charge < -0.3 is 14.8 Å². The van der Waals surface area contributed by atoms with Gasteiger partial charge in [-0.2, -0.15) is 4.31 Å². The third-order valence-corrected chi connectivity index (χ3v) is 5.84.